The lowest BCUT2D eigenvalue weighted by Crippen LogP contribution is -2.29. The lowest BCUT2D eigenvalue weighted by atomic mass is 10.3. The van der Waals surface area contributed by atoms with Gasteiger partial charge >= 0.3 is 0 Å². The van der Waals surface area contributed by atoms with Crippen LogP contribution in [0.25, 0.3) is 0 Å². The van der Waals surface area contributed by atoms with Crippen molar-refractivity contribution in [3.63, 3.8) is 0 Å². The van der Waals surface area contributed by atoms with Gasteiger partial charge in [0.1, 0.15) is 6.33 Å². The summed E-state index contributed by atoms with van der Waals surface area (Å²) in [4.78, 5) is 16.1. The molecule has 0 aliphatic rings. The largest absolute Gasteiger partial charge is 0.289 e. The number of thioether (sulfide) groups is 1. The van der Waals surface area contributed by atoms with E-state index in [1.165, 1.54) is 29.2 Å². The van der Waals surface area contributed by atoms with Crippen LogP contribution >= 0.6 is 34.6 Å². The number of rotatable bonds is 4. The van der Waals surface area contributed by atoms with Crippen molar-refractivity contribution in [3.05, 3.63) is 28.2 Å². The van der Waals surface area contributed by atoms with Gasteiger partial charge in [-0.25, -0.2) is 10.8 Å². The molecule has 8 heteroatoms. The first-order valence-electron chi connectivity index (χ1n) is 4.28. The van der Waals surface area contributed by atoms with E-state index in [4.69, 9.17) is 5.84 Å². The van der Waals surface area contributed by atoms with E-state index >= 15 is 0 Å². The fourth-order valence-electron chi connectivity index (χ4n) is 1.08. The van der Waals surface area contributed by atoms with Gasteiger partial charge in [-0.3, -0.25) is 10.2 Å². The number of hydrogen-bond donors (Lipinski definition) is 2. The summed E-state index contributed by atoms with van der Waals surface area (Å²) >= 11 is 4.28. The van der Waals surface area contributed by atoms with Crippen molar-refractivity contribution in [1.29, 1.82) is 0 Å². The number of nitrogens with one attached hydrogen (secondary N) is 1. The molecule has 2 heterocycles. The first-order chi connectivity index (χ1) is 7.81. The summed E-state index contributed by atoms with van der Waals surface area (Å²) in [6.07, 6.45) is 1.52. The molecule has 2 rings (SSSR count). The minimum Gasteiger partial charge on any atom is -0.289 e. The lowest BCUT2D eigenvalue weighted by Gasteiger charge is -2.00. The molecule has 0 aromatic carbocycles. The van der Waals surface area contributed by atoms with Crippen LogP contribution in [0.2, 0.25) is 0 Å². The van der Waals surface area contributed by atoms with Gasteiger partial charge in [-0.2, -0.15) is 4.37 Å². The Balaban J connectivity index is 2.04. The number of carbonyl (C=O) groups is 1. The van der Waals surface area contributed by atoms with E-state index < -0.39 is 0 Å². The molecule has 3 N–H and O–H groups in total. The summed E-state index contributed by atoms with van der Waals surface area (Å²) in [7, 11) is 0. The highest BCUT2D eigenvalue weighted by Gasteiger charge is 2.12. The van der Waals surface area contributed by atoms with Gasteiger partial charge in [0.25, 0.3) is 5.91 Å². The fourth-order valence-corrected chi connectivity index (χ4v) is 3.43. The Morgan fingerprint density at radius 1 is 1.62 bits per heavy atom. The van der Waals surface area contributed by atoms with Crippen LogP contribution in [0.4, 0.5) is 0 Å². The van der Waals surface area contributed by atoms with Gasteiger partial charge in [-0.15, -0.1) is 11.3 Å². The van der Waals surface area contributed by atoms with Gasteiger partial charge in [-0.1, -0.05) is 11.8 Å². The molecular weight excluding hydrogens is 264 g/mol. The number of thiophene rings is 1. The summed E-state index contributed by atoms with van der Waals surface area (Å²) in [6.45, 7) is 0. The van der Waals surface area contributed by atoms with E-state index in [2.05, 4.69) is 14.8 Å². The molecule has 2 aromatic heterocycles. The molecule has 5 nitrogen and oxygen atoms in total. The molecule has 0 bridgehead atoms. The number of aromatic nitrogens is 2. The van der Waals surface area contributed by atoms with Crippen molar-refractivity contribution in [2.45, 2.75) is 10.1 Å². The second-order valence-electron chi connectivity index (χ2n) is 2.74. The maximum atomic E-state index is 11.4. The van der Waals surface area contributed by atoms with Crippen molar-refractivity contribution in [2.75, 3.05) is 0 Å². The van der Waals surface area contributed by atoms with Crippen molar-refractivity contribution in [3.8, 4) is 0 Å². The predicted octanol–water partition coefficient (Wildman–Crippen LogP) is 1.50. The Kier molecular flexibility index (Phi) is 3.88. The average Bonchev–Trinajstić information content (AvgIpc) is 2.96. The molecule has 0 aliphatic carbocycles. The monoisotopic (exact) mass is 272 g/mol. The molecule has 0 saturated carbocycles. The quantitative estimate of drug-likeness (QED) is 0.381. The summed E-state index contributed by atoms with van der Waals surface area (Å²) in [5, 5.41) is 1.88. The minimum absolute atomic E-state index is 0.247. The number of carbonyl (C=O) groups excluding carboxylic acids is 1. The maximum Gasteiger partial charge on any atom is 0.275 e. The van der Waals surface area contributed by atoms with Crippen LogP contribution in [0.3, 0.4) is 0 Å². The molecule has 1 amide bonds. The molecule has 0 fully saturated rings. The van der Waals surface area contributed by atoms with E-state index in [1.807, 2.05) is 11.4 Å². The molecule has 0 radical (unpaired) electrons. The second-order valence-corrected chi connectivity index (χ2v) is 5.66. The molecular formula is C8H8N4OS3. The summed E-state index contributed by atoms with van der Waals surface area (Å²) in [5.41, 5.74) is 3.10. The summed E-state index contributed by atoms with van der Waals surface area (Å²) in [5.74, 6) is 5.55. The van der Waals surface area contributed by atoms with Gasteiger partial charge in [0, 0.05) is 5.75 Å². The second kappa shape index (κ2) is 5.39. The fraction of sp³-hybridized carbons (Fsp3) is 0.125. The lowest BCUT2D eigenvalue weighted by molar-refractivity contribution is 0.0957. The molecule has 2 aromatic rings. The van der Waals surface area contributed by atoms with Crippen LogP contribution in [0.5, 0.6) is 0 Å². The minimum atomic E-state index is -0.247. The van der Waals surface area contributed by atoms with Crippen molar-refractivity contribution >= 4 is 40.5 Å². The van der Waals surface area contributed by atoms with E-state index in [0.717, 1.165) is 9.90 Å². The topological polar surface area (TPSA) is 80.9 Å². The Morgan fingerprint density at radius 3 is 3.19 bits per heavy atom. The van der Waals surface area contributed by atoms with Crippen molar-refractivity contribution in [2.24, 2.45) is 5.84 Å². The Labute approximate surface area is 104 Å². The third-order valence-corrected chi connectivity index (χ3v) is 4.58. The number of hydrogen-bond acceptors (Lipinski definition) is 7. The Bertz CT molecular complexity index is 467. The first kappa shape index (κ1) is 11.5. The van der Waals surface area contributed by atoms with E-state index in [0.29, 0.717) is 10.6 Å². The highest BCUT2D eigenvalue weighted by atomic mass is 32.2. The Morgan fingerprint density at radius 2 is 2.50 bits per heavy atom. The van der Waals surface area contributed by atoms with E-state index in [9.17, 15) is 4.79 Å². The average molecular weight is 272 g/mol. The van der Waals surface area contributed by atoms with E-state index in [-0.39, 0.29) is 5.91 Å². The van der Waals surface area contributed by atoms with Gasteiger partial charge in [0.15, 0.2) is 4.34 Å². The van der Waals surface area contributed by atoms with Crippen LogP contribution < -0.4 is 11.3 Å². The third-order valence-electron chi connectivity index (χ3n) is 1.78. The standard InChI is InChI=1S/C8H8N4OS3/c9-12-7(13)6-5(1-2-14-6)3-15-8-10-4-11-16-8/h1-2,4H,3,9H2,(H,12,13). The maximum absolute atomic E-state index is 11.4. The molecule has 84 valence electrons. The Hall–Kier alpha value is -0.960. The highest BCUT2D eigenvalue weighted by molar-refractivity contribution is 8.00. The molecule has 0 spiro atoms. The number of amides is 1. The summed E-state index contributed by atoms with van der Waals surface area (Å²) < 4.78 is 4.80. The molecule has 0 saturated heterocycles. The zero-order valence-electron chi connectivity index (χ0n) is 8.04. The van der Waals surface area contributed by atoms with E-state index in [1.54, 1.807) is 11.8 Å². The van der Waals surface area contributed by atoms with Crippen LogP contribution in [-0.4, -0.2) is 15.3 Å². The number of nitrogens with zero attached hydrogens (tertiary/aromatic N) is 2. The van der Waals surface area contributed by atoms with Gasteiger partial charge in [0.05, 0.1) is 4.88 Å². The third kappa shape index (κ3) is 2.59. The molecule has 16 heavy (non-hydrogen) atoms. The number of hydrazine groups is 1. The van der Waals surface area contributed by atoms with Crippen LogP contribution in [0.1, 0.15) is 15.2 Å². The number of nitrogen functional groups attached to an aromatic ring is 1. The first-order valence-corrected chi connectivity index (χ1v) is 6.92. The number of nitrogens with two attached hydrogens (primary N) is 1. The van der Waals surface area contributed by atoms with Crippen molar-refractivity contribution < 1.29 is 4.79 Å². The zero-order chi connectivity index (χ0) is 11.4. The SMILES string of the molecule is NNC(=O)c1sccc1CSc1ncns1. The molecule has 0 aliphatic heterocycles. The normalized spacial score (nSPS) is 10.3. The molecule has 0 unspecified atom stereocenters. The van der Waals surface area contributed by atoms with Gasteiger partial charge in [0.2, 0.25) is 0 Å². The smallest absolute Gasteiger partial charge is 0.275 e. The summed E-state index contributed by atoms with van der Waals surface area (Å²) in [6, 6.07) is 1.92. The van der Waals surface area contributed by atoms with Crippen LogP contribution in [-0.2, 0) is 5.75 Å². The predicted molar refractivity (Wildman–Crippen MR) is 65.4 cm³/mol. The van der Waals surface area contributed by atoms with Crippen LogP contribution in [0.15, 0.2) is 22.1 Å². The van der Waals surface area contributed by atoms with Crippen molar-refractivity contribution in [1.82, 2.24) is 14.8 Å². The van der Waals surface area contributed by atoms with Gasteiger partial charge in [-0.05, 0) is 28.5 Å². The highest BCUT2D eigenvalue weighted by Crippen LogP contribution is 2.27. The molecule has 0 atom stereocenters. The zero-order valence-corrected chi connectivity index (χ0v) is 10.5. The van der Waals surface area contributed by atoms with Gasteiger partial charge < -0.3 is 0 Å². The van der Waals surface area contributed by atoms with Crippen LogP contribution in [0, 0.1) is 0 Å².